The van der Waals surface area contributed by atoms with E-state index < -0.39 is 0 Å². The molecule has 0 radical (unpaired) electrons. The maximum absolute atomic E-state index is 12.8. The maximum atomic E-state index is 12.8. The Kier molecular flexibility index (Phi) is 5.61. The van der Waals surface area contributed by atoms with Crippen LogP contribution in [-0.2, 0) is 0 Å². The zero-order valence-electron chi connectivity index (χ0n) is 17.1. The fourth-order valence-electron chi connectivity index (χ4n) is 2.76. The minimum Gasteiger partial charge on any atom is -0.388 e. The molecule has 0 saturated carbocycles. The van der Waals surface area contributed by atoms with Crippen molar-refractivity contribution in [3.05, 3.63) is 52.4 Å². The van der Waals surface area contributed by atoms with E-state index >= 15 is 0 Å². The van der Waals surface area contributed by atoms with Gasteiger partial charge in [0, 0.05) is 35.6 Å². The molecule has 4 N–H and O–H groups in total. The topological polar surface area (TPSA) is 107 Å². The van der Waals surface area contributed by atoms with Gasteiger partial charge in [-0.2, -0.15) is 0 Å². The zero-order chi connectivity index (χ0) is 21.3. The van der Waals surface area contributed by atoms with Crippen LogP contribution in [0.5, 0.6) is 0 Å². The van der Waals surface area contributed by atoms with E-state index in [9.17, 15) is 4.79 Å². The Hall–Kier alpha value is -2.93. The summed E-state index contributed by atoms with van der Waals surface area (Å²) in [5.74, 6) is -0.227. The third-order valence-corrected chi connectivity index (χ3v) is 5.28. The average molecular weight is 413 g/mol. The van der Waals surface area contributed by atoms with Crippen molar-refractivity contribution in [1.29, 1.82) is 5.41 Å². The van der Waals surface area contributed by atoms with Gasteiger partial charge >= 0.3 is 0 Å². The van der Waals surface area contributed by atoms with Gasteiger partial charge in [0.2, 0.25) is 0 Å². The number of nitrogens with one attached hydrogen (secondary N) is 4. The van der Waals surface area contributed by atoms with Crippen LogP contribution < -0.4 is 10.6 Å². The van der Waals surface area contributed by atoms with Crippen LogP contribution in [0.15, 0.2) is 30.6 Å². The van der Waals surface area contributed by atoms with Crippen molar-refractivity contribution >= 4 is 40.1 Å². The van der Waals surface area contributed by atoms with Crippen LogP contribution in [0.25, 0.3) is 11.2 Å². The highest BCUT2D eigenvalue weighted by Crippen LogP contribution is 2.24. The molecule has 0 aliphatic carbocycles. The number of hydrogen-bond donors (Lipinski definition) is 4. The van der Waals surface area contributed by atoms with E-state index in [4.69, 9.17) is 17.0 Å². The Balaban J connectivity index is 1.99. The Morgan fingerprint density at radius 1 is 1.28 bits per heavy atom. The number of carbonyl (C=O) groups excluding carboxylic acids is 1. The minimum absolute atomic E-state index is 0.0287. The summed E-state index contributed by atoms with van der Waals surface area (Å²) in [7, 11) is 1.78. The molecule has 3 rings (SSSR count). The van der Waals surface area contributed by atoms with Gasteiger partial charge in [-0.25, -0.2) is 9.97 Å². The highest BCUT2D eigenvalue weighted by molar-refractivity contribution is 6.31. The molecule has 0 saturated heterocycles. The van der Waals surface area contributed by atoms with Gasteiger partial charge in [-0.3, -0.25) is 10.2 Å². The van der Waals surface area contributed by atoms with Gasteiger partial charge in [-0.05, 0) is 30.5 Å². The third kappa shape index (κ3) is 4.24. The van der Waals surface area contributed by atoms with Gasteiger partial charge in [0.25, 0.3) is 5.91 Å². The highest BCUT2D eigenvalue weighted by atomic mass is 35.5. The summed E-state index contributed by atoms with van der Waals surface area (Å²) in [6.45, 7) is 8.17. The first-order valence-electron chi connectivity index (χ1n) is 9.33. The van der Waals surface area contributed by atoms with Gasteiger partial charge in [0.05, 0.1) is 17.5 Å². The van der Waals surface area contributed by atoms with E-state index in [1.165, 1.54) is 6.20 Å². The fourth-order valence-corrected chi connectivity index (χ4v) is 2.93. The van der Waals surface area contributed by atoms with E-state index in [0.717, 1.165) is 5.69 Å². The number of H-pyrrole nitrogens is 1. The molecule has 1 unspecified atom stereocenters. The number of aromatic nitrogens is 3. The number of amides is 1. The van der Waals surface area contributed by atoms with Gasteiger partial charge in [-0.1, -0.05) is 32.4 Å². The van der Waals surface area contributed by atoms with Crippen molar-refractivity contribution in [2.75, 3.05) is 12.4 Å². The lowest BCUT2D eigenvalue weighted by Crippen LogP contribution is -2.41. The number of benzene rings is 1. The van der Waals surface area contributed by atoms with Crippen LogP contribution in [0.1, 0.15) is 49.3 Å². The SMILES string of the molecule is CNc1ccc(Cl)cc1C(=N)c1cnc2[nH]cc(C(=O)NC(C)C(C)(C)C)c2n1. The van der Waals surface area contributed by atoms with E-state index in [2.05, 4.69) is 46.4 Å². The fraction of sp³-hybridized carbons (Fsp3) is 0.333. The lowest BCUT2D eigenvalue weighted by Gasteiger charge is -2.27. The largest absolute Gasteiger partial charge is 0.388 e. The molecule has 0 aliphatic rings. The van der Waals surface area contributed by atoms with Crippen molar-refractivity contribution in [3.8, 4) is 0 Å². The Morgan fingerprint density at radius 2 is 2.00 bits per heavy atom. The number of fused-ring (bicyclic) bond motifs is 1. The van der Waals surface area contributed by atoms with Crippen molar-refractivity contribution in [3.63, 3.8) is 0 Å². The first kappa shape index (κ1) is 20.8. The van der Waals surface area contributed by atoms with Crippen molar-refractivity contribution < 1.29 is 4.79 Å². The number of nitrogens with zero attached hydrogens (tertiary/aromatic N) is 2. The second kappa shape index (κ2) is 7.83. The number of rotatable bonds is 5. The van der Waals surface area contributed by atoms with E-state index in [1.54, 1.807) is 31.4 Å². The Morgan fingerprint density at radius 3 is 2.66 bits per heavy atom. The smallest absolute Gasteiger partial charge is 0.255 e. The molecule has 1 atom stereocenters. The summed E-state index contributed by atoms with van der Waals surface area (Å²) in [6.07, 6.45) is 3.11. The van der Waals surface area contributed by atoms with Gasteiger partial charge < -0.3 is 15.6 Å². The van der Waals surface area contributed by atoms with Gasteiger partial charge in [0.1, 0.15) is 11.2 Å². The molecular weight excluding hydrogens is 388 g/mol. The zero-order valence-corrected chi connectivity index (χ0v) is 17.9. The van der Waals surface area contributed by atoms with Crippen LogP contribution in [-0.4, -0.2) is 39.7 Å². The highest BCUT2D eigenvalue weighted by Gasteiger charge is 2.24. The number of halogens is 1. The quantitative estimate of drug-likeness (QED) is 0.470. The Bertz CT molecular complexity index is 1080. The molecule has 152 valence electrons. The average Bonchev–Trinajstić information content (AvgIpc) is 3.09. The summed E-state index contributed by atoms with van der Waals surface area (Å²) in [4.78, 5) is 24.7. The lowest BCUT2D eigenvalue weighted by molar-refractivity contribution is 0.0911. The molecule has 7 nitrogen and oxygen atoms in total. The summed E-state index contributed by atoms with van der Waals surface area (Å²) < 4.78 is 0. The van der Waals surface area contributed by atoms with E-state index in [-0.39, 0.29) is 23.1 Å². The summed E-state index contributed by atoms with van der Waals surface area (Å²) >= 11 is 6.12. The number of carbonyl (C=O) groups is 1. The summed E-state index contributed by atoms with van der Waals surface area (Å²) in [6, 6.07) is 5.24. The van der Waals surface area contributed by atoms with Gasteiger partial charge in [0.15, 0.2) is 5.65 Å². The normalized spacial score (nSPS) is 12.6. The minimum atomic E-state index is -0.227. The van der Waals surface area contributed by atoms with Crippen molar-refractivity contribution in [1.82, 2.24) is 20.3 Å². The monoisotopic (exact) mass is 412 g/mol. The van der Waals surface area contributed by atoms with E-state index in [0.29, 0.717) is 33.0 Å². The molecule has 3 aromatic rings. The second-order valence-electron chi connectivity index (χ2n) is 8.03. The number of hydrogen-bond acceptors (Lipinski definition) is 5. The lowest BCUT2D eigenvalue weighted by atomic mass is 9.88. The molecule has 29 heavy (non-hydrogen) atoms. The van der Waals surface area contributed by atoms with Crippen LogP contribution in [0, 0.1) is 10.8 Å². The van der Waals surface area contributed by atoms with Crippen LogP contribution in [0.3, 0.4) is 0 Å². The second-order valence-corrected chi connectivity index (χ2v) is 8.47. The van der Waals surface area contributed by atoms with Crippen molar-refractivity contribution in [2.24, 2.45) is 5.41 Å². The van der Waals surface area contributed by atoms with Gasteiger partial charge in [-0.15, -0.1) is 0 Å². The predicted octanol–water partition coefficient (Wildman–Crippen LogP) is 4.23. The molecule has 1 amide bonds. The molecular formula is C21H25ClN6O. The van der Waals surface area contributed by atoms with Crippen LogP contribution >= 0.6 is 11.6 Å². The Labute approximate surface area is 174 Å². The molecule has 0 aliphatic heterocycles. The predicted molar refractivity (Wildman–Crippen MR) is 117 cm³/mol. The first-order valence-corrected chi connectivity index (χ1v) is 9.71. The molecule has 2 heterocycles. The number of anilines is 1. The number of aromatic amines is 1. The van der Waals surface area contributed by atoms with Crippen molar-refractivity contribution in [2.45, 2.75) is 33.7 Å². The molecule has 0 spiro atoms. The first-order chi connectivity index (χ1) is 13.6. The van der Waals surface area contributed by atoms with Crippen LogP contribution in [0.2, 0.25) is 5.02 Å². The standard InChI is InChI=1S/C21H25ClN6O/c1-11(21(2,3)4)27-20(29)14-9-25-19-18(14)28-16(10-26-19)17(23)13-8-12(22)6-7-15(13)24-5/h6-11,23-24H,1-5H3,(H,25,26)(H,27,29). The molecule has 0 bridgehead atoms. The van der Waals surface area contributed by atoms with E-state index in [1.807, 2.05) is 6.92 Å². The third-order valence-electron chi connectivity index (χ3n) is 5.05. The summed E-state index contributed by atoms with van der Waals surface area (Å²) in [5.41, 5.74) is 3.14. The molecule has 1 aromatic carbocycles. The molecule has 2 aromatic heterocycles. The molecule has 0 fully saturated rings. The molecule has 8 heteroatoms. The van der Waals surface area contributed by atoms with Crippen LogP contribution in [0.4, 0.5) is 5.69 Å². The summed E-state index contributed by atoms with van der Waals surface area (Å²) in [5, 5.41) is 15.2. The maximum Gasteiger partial charge on any atom is 0.255 e.